The number of amides is 1. The standard InChI is InChI=1S/C20H24N4O3/c1-27-20(26)15-8-5-7-14(13-15)19(25)23-12-6-9-16(23)18-22-21-17-10-3-2-4-11-24(17)18/h5,7-8,13,16H,2-4,6,9-12H2,1H3. The summed E-state index contributed by atoms with van der Waals surface area (Å²) in [5, 5.41) is 8.84. The number of aromatic nitrogens is 3. The molecule has 0 spiro atoms. The number of esters is 1. The Bertz CT molecular complexity index is 861. The maximum atomic E-state index is 13.2. The van der Waals surface area contributed by atoms with Crippen LogP contribution in [0.1, 0.15) is 70.5 Å². The Morgan fingerprint density at radius 3 is 2.78 bits per heavy atom. The number of ether oxygens (including phenoxy) is 1. The van der Waals surface area contributed by atoms with E-state index in [9.17, 15) is 9.59 Å². The lowest BCUT2D eigenvalue weighted by atomic mass is 10.1. The van der Waals surface area contributed by atoms with Crippen molar-refractivity contribution >= 4 is 11.9 Å². The average Bonchev–Trinajstić information content (AvgIpc) is 3.27. The van der Waals surface area contributed by atoms with Gasteiger partial charge in [-0.25, -0.2) is 4.79 Å². The summed E-state index contributed by atoms with van der Waals surface area (Å²) in [7, 11) is 1.34. The van der Waals surface area contributed by atoms with Crippen LogP contribution in [0.15, 0.2) is 24.3 Å². The maximum Gasteiger partial charge on any atom is 0.337 e. The first-order valence-electron chi connectivity index (χ1n) is 9.60. The molecule has 1 fully saturated rings. The molecule has 2 aliphatic heterocycles. The van der Waals surface area contributed by atoms with Crippen LogP contribution in [0.3, 0.4) is 0 Å². The quantitative estimate of drug-likeness (QED) is 0.779. The predicted molar refractivity (Wildman–Crippen MR) is 98.4 cm³/mol. The van der Waals surface area contributed by atoms with Crippen molar-refractivity contribution in [3.63, 3.8) is 0 Å². The van der Waals surface area contributed by atoms with E-state index in [1.54, 1.807) is 24.3 Å². The van der Waals surface area contributed by atoms with Crippen LogP contribution in [0.25, 0.3) is 0 Å². The number of aryl methyl sites for hydroxylation is 1. The van der Waals surface area contributed by atoms with Crippen molar-refractivity contribution in [1.82, 2.24) is 19.7 Å². The number of likely N-dealkylation sites (tertiary alicyclic amines) is 1. The third-order valence-electron chi connectivity index (χ3n) is 5.48. The van der Waals surface area contributed by atoms with Crippen LogP contribution in [0.4, 0.5) is 0 Å². The smallest absolute Gasteiger partial charge is 0.337 e. The average molecular weight is 368 g/mol. The number of hydrogen-bond acceptors (Lipinski definition) is 5. The molecule has 7 nitrogen and oxygen atoms in total. The molecule has 2 aromatic rings. The van der Waals surface area contributed by atoms with Gasteiger partial charge in [0.15, 0.2) is 5.82 Å². The fourth-order valence-corrected chi connectivity index (χ4v) is 4.10. The molecule has 1 atom stereocenters. The van der Waals surface area contributed by atoms with Gasteiger partial charge < -0.3 is 14.2 Å². The van der Waals surface area contributed by atoms with Gasteiger partial charge in [0.2, 0.25) is 0 Å². The Kier molecular flexibility index (Phi) is 4.92. The second-order valence-electron chi connectivity index (χ2n) is 7.17. The van der Waals surface area contributed by atoms with Gasteiger partial charge in [-0.1, -0.05) is 12.5 Å². The summed E-state index contributed by atoms with van der Waals surface area (Å²) in [6.07, 6.45) is 6.26. The molecule has 0 N–H and O–H groups in total. The van der Waals surface area contributed by atoms with Gasteiger partial charge in [-0.2, -0.15) is 0 Å². The first-order valence-corrected chi connectivity index (χ1v) is 9.60. The molecule has 27 heavy (non-hydrogen) atoms. The summed E-state index contributed by atoms with van der Waals surface area (Å²) in [6.45, 7) is 1.61. The van der Waals surface area contributed by atoms with E-state index in [0.717, 1.165) is 50.3 Å². The zero-order chi connectivity index (χ0) is 18.8. The zero-order valence-corrected chi connectivity index (χ0v) is 15.6. The molecule has 1 aromatic carbocycles. The second-order valence-corrected chi connectivity index (χ2v) is 7.17. The van der Waals surface area contributed by atoms with E-state index < -0.39 is 5.97 Å². The molecule has 0 radical (unpaired) electrons. The topological polar surface area (TPSA) is 77.3 Å². The van der Waals surface area contributed by atoms with E-state index in [1.807, 2.05) is 4.90 Å². The minimum atomic E-state index is -0.439. The molecule has 1 amide bonds. The van der Waals surface area contributed by atoms with Crippen LogP contribution < -0.4 is 0 Å². The van der Waals surface area contributed by atoms with Gasteiger partial charge in [-0.15, -0.1) is 10.2 Å². The highest BCUT2D eigenvalue weighted by molar-refractivity contribution is 5.98. The molecular formula is C20H24N4O3. The predicted octanol–water partition coefficient (Wildman–Crippen LogP) is 2.77. The van der Waals surface area contributed by atoms with Crippen LogP contribution in [0.2, 0.25) is 0 Å². The number of hydrogen-bond donors (Lipinski definition) is 0. The van der Waals surface area contributed by atoms with E-state index >= 15 is 0 Å². The third kappa shape index (κ3) is 3.34. The van der Waals surface area contributed by atoms with E-state index in [4.69, 9.17) is 4.74 Å². The first-order chi connectivity index (χ1) is 13.2. The second kappa shape index (κ2) is 7.50. The Labute approximate surface area is 158 Å². The number of methoxy groups -OCH3 is 1. The minimum absolute atomic E-state index is 0.0568. The SMILES string of the molecule is COC(=O)c1cccc(C(=O)N2CCCC2c2nnc3n2CCCCC3)c1. The van der Waals surface area contributed by atoms with Gasteiger partial charge in [0.05, 0.1) is 18.7 Å². The van der Waals surface area contributed by atoms with Crippen molar-refractivity contribution in [2.24, 2.45) is 0 Å². The molecule has 1 unspecified atom stereocenters. The molecule has 4 rings (SSSR count). The Hall–Kier alpha value is -2.70. The van der Waals surface area contributed by atoms with E-state index in [-0.39, 0.29) is 11.9 Å². The van der Waals surface area contributed by atoms with Crippen LogP contribution in [0, 0.1) is 0 Å². The lowest BCUT2D eigenvalue weighted by Crippen LogP contribution is -2.32. The molecule has 7 heteroatoms. The van der Waals surface area contributed by atoms with Gasteiger partial charge in [0, 0.05) is 25.1 Å². The number of rotatable bonds is 3. The van der Waals surface area contributed by atoms with Crippen molar-refractivity contribution < 1.29 is 14.3 Å². The monoisotopic (exact) mass is 368 g/mol. The minimum Gasteiger partial charge on any atom is -0.465 e. The fraction of sp³-hybridized carbons (Fsp3) is 0.500. The summed E-state index contributed by atoms with van der Waals surface area (Å²) in [6, 6.07) is 6.66. The van der Waals surface area contributed by atoms with E-state index in [0.29, 0.717) is 17.7 Å². The molecule has 0 saturated carbocycles. The molecule has 0 aliphatic carbocycles. The van der Waals surface area contributed by atoms with Crippen molar-refractivity contribution in [2.75, 3.05) is 13.7 Å². The van der Waals surface area contributed by atoms with E-state index in [2.05, 4.69) is 14.8 Å². The van der Waals surface area contributed by atoms with Gasteiger partial charge in [0.1, 0.15) is 5.82 Å². The number of fused-ring (bicyclic) bond motifs is 1. The highest BCUT2D eigenvalue weighted by Gasteiger charge is 2.35. The Morgan fingerprint density at radius 1 is 1.07 bits per heavy atom. The molecule has 2 aliphatic rings. The highest BCUT2D eigenvalue weighted by atomic mass is 16.5. The van der Waals surface area contributed by atoms with Crippen LogP contribution in [-0.2, 0) is 17.7 Å². The molecule has 1 aromatic heterocycles. The Morgan fingerprint density at radius 2 is 1.93 bits per heavy atom. The van der Waals surface area contributed by atoms with Crippen molar-refractivity contribution in [2.45, 2.75) is 51.1 Å². The molecule has 1 saturated heterocycles. The highest BCUT2D eigenvalue weighted by Crippen LogP contribution is 2.33. The summed E-state index contributed by atoms with van der Waals surface area (Å²) < 4.78 is 6.98. The van der Waals surface area contributed by atoms with Crippen LogP contribution in [-0.4, -0.2) is 45.2 Å². The summed E-state index contributed by atoms with van der Waals surface area (Å²) >= 11 is 0. The largest absolute Gasteiger partial charge is 0.465 e. The first kappa shape index (κ1) is 17.7. The fourth-order valence-electron chi connectivity index (χ4n) is 4.10. The number of nitrogens with zero attached hydrogens (tertiary/aromatic N) is 4. The Balaban J connectivity index is 1.61. The molecular weight excluding hydrogens is 344 g/mol. The van der Waals surface area contributed by atoms with Crippen molar-refractivity contribution in [3.05, 3.63) is 47.0 Å². The molecule has 3 heterocycles. The molecule has 0 bridgehead atoms. The third-order valence-corrected chi connectivity index (χ3v) is 5.48. The summed E-state index contributed by atoms with van der Waals surface area (Å²) in [4.78, 5) is 26.8. The number of carbonyl (C=O) groups excluding carboxylic acids is 2. The molecule has 142 valence electrons. The zero-order valence-electron chi connectivity index (χ0n) is 15.6. The summed E-state index contributed by atoms with van der Waals surface area (Å²) in [5.41, 5.74) is 0.885. The van der Waals surface area contributed by atoms with Crippen molar-refractivity contribution in [1.29, 1.82) is 0 Å². The lowest BCUT2D eigenvalue weighted by Gasteiger charge is -2.25. The van der Waals surface area contributed by atoms with E-state index in [1.165, 1.54) is 13.5 Å². The van der Waals surface area contributed by atoms with Crippen LogP contribution >= 0.6 is 0 Å². The number of benzene rings is 1. The van der Waals surface area contributed by atoms with Gasteiger partial charge in [-0.3, -0.25) is 4.79 Å². The van der Waals surface area contributed by atoms with Gasteiger partial charge >= 0.3 is 5.97 Å². The van der Waals surface area contributed by atoms with Gasteiger partial charge in [-0.05, 0) is 43.9 Å². The summed E-state index contributed by atoms with van der Waals surface area (Å²) in [5.74, 6) is 1.43. The normalized spacial score (nSPS) is 19.4. The maximum absolute atomic E-state index is 13.2. The number of carbonyl (C=O) groups is 2. The van der Waals surface area contributed by atoms with Gasteiger partial charge in [0.25, 0.3) is 5.91 Å². The van der Waals surface area contributed by atoms with Crippen LogP contribution in [0.5, 0.6) is 0 Å². The lowest BCUT2D eigenvalue weighted by molar-refractivity contribution is 0.0600. The van der Waals surface area contributed by atoms with Crippen molar-refractivity contribution in [3.8, 4) is 0 Å².